The lowest BCUT2D eigenvalue weighted by Crippen LogP contribution is -2.21. The van der Waals surface area contributed by atoms with E-state index in [0.717, 1.165) is 50.7 Å². The first-order valence-corrected chi connectivity index (χ1v) is 14.0. The highest BCUT2D eigenvalue weighted by atomic mass is 79.9. The van der Waals surface area contributed by atoms with Crippen molar-refractivity contribution < 1.29 is 9.50 Å². The van der Waals surface area contributed by atoms with E-state index in [2.05, 4.69) is 73.2 Å². The molecule has 184 valence electrons. The van der Waals surface area contributed by atoms with Gasteiger partial charge in [-0.05, 0) is 98.5 Å². The van der Waals surface area contributed by atoms with Gasteiger partial charge in [0.2, 0.25) is 0 Å². The number of rotatable bonds is 6. The van der Waals surface area contributed by atoms with Gasteiger partial charge in [-0.2, -0.15) is 0 Å². The fourth-order valence-corrected chi connectivity index (χ4v) is 6.75. The third-order valence-corrected chi connectivity index (χ3v) is 8.36. The Labute approximate surface area is 226 Å². The Morgan fingerprint density at radius 3 is 2.28 bits per heavy atom. The van der Waals surface area contributed by atoms with Crippen molar-refractivity contribution in [3.63, 3.8) is 0 Å². The van der Waals surface area contributed by atoms with Gasteiger partial charge in [-0.3, -0.25) is 0 Å². The summed E-state index contributed by atoms with van der Waals surface area (Å²) >= 11 is 7.04. The molecule has 5 aromatic rings. The summed E-state index contributed by atoms with van der Waals surface area (Å²) in [6.45, 7) is 3.68. The lowest BCUT2D eigenvalue weighted by atomic mass is 9.92. The predicted octanol–water partition coefficient (Wildman–Crippen LogP) is 8.86. The minimum Gasteiger partial charge on any atom is -0.390 e. The monoisotopic (exact) mass is 608 g/mol. The summed E-state index contributed by atoms with van der Waals surface area (Å²) in [5, 5.41) is 15.0. The quantitative estimate of drug-likeness (QED) is 0.189. The molecule has 1 aliphatic rings. The first-order chi connectivity index (χ1) is 17.2. The Morgan fingerprint density at radius 2 is 1.58 bits per heavy atom. The van der Waals surface area contributed by atoms with Crippen molar-refractivity contribution in [3.05, 3.63) is 74.4 Å². The van der Waals surface area contributed by atoms with Crippen LogP contribution in [0.4, 0.5) is 4.39 Å². The summed E-state index contributed by atoms with van der Waals surface area (Å²) in [4.78, 5) is 8.57. The molecule has 0 bridgehead atoms. The van der Waals surface area contributed by atoms with Crippen molar-refractivity contribution in [1.29, 1.82) is 0 Å². The zero-order chi connectivity index (χ0) is 25.2. The number of fused-ring (bicyclic) bond motifs is 6. The molecule has 1 saturated carbocycles. The number of aryl methyl sites for hydroxylation is 1. The van der Waals surface area contributed by atoms with Gasteiger partial charge in [0.25, 0.3) is 0 Å². The Kier molecular flexibility index (Phi) is 5.97. The number of nitrogens with zero attached hydrogens (tertiary/aromatic N) is 1. The minimum atomic E-state index is -0.786. The lowest BCUT2D eigenvalue weighted by molar-refractivity contribution is 0.0810. The number of halogens is 3. The number of benzene rings is 4. The van der Waals surface area contributed by atoms with E-state index in [-0.39, 0.29) is 5.82 Å². The van der Waals surface area contributed by atoms with Crippen LogP contribution in [0.5, 0.6) is 0 Å². The Balaban J connectivity index is 1.61. The highest BCUT2D eigenvalue weighted by Crippen LogP contribution is 2.40. The standard InChI is InChI=1S/C30H27Br2FN2O/c1-30(2,36)15-18-8-10-21-23(12-18)22-11-17(6-5-16-3-4-16)7-9-20(22)27-28(21)35-29(34-27)26-24(31)13-19(33)14-25(26)32/h7-14,16,36H,3-6,15H2,1-2H3,(H,34,35). The van der Waals surface area contributed by atoms with Gasteiger partial charge < -0.3 is 10.1 Å². The highest BCUT2D eigenvalue weighted by molar-refractivity contribution is 9.11. The largest absolute Gasteiger partial charge is 0.390 e. The van der Waals surface area contributed by atoms with Gasteiger partial charge in [0.15, 0.2) is 0 Å². The van der Waals surface area contributed by atoms with Crippen LogP contribution in [-0.2, 0) is 12.8 Å². The second kappa shape index (κ2) is 8.93. The molecular formula is C30H27Br2FN2O. The van der Waals surface area contributed by atoms with Crippen molar-refractivity contribution in [2.45, 2.75) is 51.6 Å². The molecule has 3 nitrogen and oxygen atoms in total. The van der Waals surface area contributed by atoms with E-state index in [4.69, 9.17) is 4.98 Å². The zero-order valence-electron chi connectivity index (χ0n) is 20.3. The summed E-state index contributed by atoms with van der Waals surface area (Å²) in [5.41, 5.74) is 4.31. The molecule has 0 aliphatic heterocycles. The molecule has 0 atom stereocenters. The summed E-state index contributed by atoms with van der Waals surface area (Å²) < 4.78 is 15.2. The average molecular weight is 610 g/mol. The van der Waals surface area contributed by atoms with E-state index in [1.807, 2.05) is 13.8 Å². The Bertz CT molecular complexity index is 1620. The summed E-state index contributed by atoms with van der Waals surface area (Å²) in [6.07, 6.45) is 5.64. The number of aromatic nitrogens is 2. The van der Waals surface area contributed by atoms with Crippen molar-refractivity contribution in [2.24, 2.45) is 5.92 Å². The second-order valence-electron chi connectivity index (χ2n) is 10.8. The van der Waals surface area contributed by atoms with Gasteiger partial charge in [-0.25, -0.2) is 9.37 Å². The van der Waals surface area contributed by atoms with E-state index in [0.29, 0.717) is 21.2 Å². The van der Waals surface area contributed by atoms with E-state index in [9.17, 15) is 9.50 Å². The number of imidazole rings is 1. The molecule has 1 heterocycles. The molecule has 0 radical (unpaired) electrons. The Morgan fingerprint density at radius 1 is 0.944 bits per heavy atom. The average Bonchev–Trinajstić information content (AvgIpc) is 3.53. The second-order valence-corrected chi connectivity index (χ2v) is 12.5. The van der Waals surface area contributed by atoms with Crippen LogP contribution in [0, 0.1) is 11.7 Å². The van der Waals surface area contributed by atoms with Gasteiger partial charge in [-0.15, -0.1) is 0 Å². The molecular weight excluding hydrogens is 583 g/mol. The molecule has 1 fully saturated rings. The fraction of sp³-hybridized carbons (Fsp3) is 0.300. The number of hydrogen-bond acceptors (Lipinski definition) is 2. The van der Waals surface area contributed by atoms with Gasteiger partial charge in [0, 0.05) is 31.7 Å². The van der Waals surface area contributed by atoms with Crippen LogP contribution in [0.25, 0.3) is 44.0 Å². The van der Waals surface area contributed by atoms with Gasteiger partial charge >= 0.3 is 0 Å². The number of hydrogen-bond donors (Lipinski definition) is 2. The van der Waals surface area contributed by atoms with Crippen LogP contribution in [0.3, 0.4) is 0 Å². The number of H-pyrrole nitrogens is 1. The highest BCUT2D eigenvalue weighted by Gasteiger charge is 2.22. The third-order valence-electron chi connectivity index (χ3n) is 7.11. The number of nitrogens with one attached hydrogen (secondary N) is 1. The van der Waals surface area contributed by atoms with Crippen molar-refractivity contribution in [1.82, 2.24) is 9.97 Å². The maximum Gasteiger partial charge on any atom is 0.140 e. The first-order valence-electron chi connectivity index (χ1n) is 12.4. The third kappa shape index (κ3) is 4.59. The molecule has 6 rings (SSSR count). The number of aliphatic hydroxyl groups is 1. The molecule has 0 saturated heterocycles. The molecule has 1 aliphatic carbocycles. The molecule has 0 unspecified atom stereocenters. The van der Waals surface area contributed by atoms with E-state index >= 15 is 0 Å². The molecule has 4 aromatic carbocycles. The maximum atomic E-state index is 13.9. The van der Waals surface area contributed by atoms with Crippen LogP contribution >= 0.6 is 31.9 Å². The van der Waals surface area contributed by atoms with Crippen molar-refractivity contribution in [2.75, 3.05) is 0 Å². The van der Waals surface area contributed by atoms with Crippen LogP contribution < -0.4 is 0 Å². The smallest absolute Gasteiger partial charge is 0.140 e. The summed E-state index contributed by atoms with van der Waals surface area (Å²) in [7, 11) is 0. The fourth-order valence-electron chi connectivity index (χ4n) is 5.25. The summed E-state index contributed by atoms with van der Waals surface area (Å²) in [6, 6.07) is 16.1. The van der Waals surface area contributed by atoms with Crippen molar-refractivity contribution >= 4 is 64.4 Å². The molecule has 0 amide bonds. The van der Waals surface area contributed by atoms with Crippen LogP contribution in [0.1, 0.15) is 44.2 Å². The van der Waals surface area contributed by atoms with E-state index in [1.54, 1.807) is 0 Å². The lowest BCUT2D eigenvalue weighted by Gasteiger charge is -2.18. The molecule has 0 spiro atoms. The van der Waals surface area contributed by atoms with Crippen LogP contribution in [0.2, 0.25) is 0 Å². The molecule has 1 aromatic heterocycles. The maximum absolute atomic E-state index is 13.9. The van der Waals surface area contributed by atoms with Crippen molar-refractivity contribution in [3.8, 4) is 11.4 Å². The predicted molar refractivity (Wildman–Crippen MR) is 153 cm³/mol. The van der Waals surface area contributed by atoms with Crippen LogP contribution in [-0.4, -0.2) is 20.7 Å². The van der Waals surface area contributed by atoms with Crippen LogP contribution in [0.15, 0.2) is 57.5 Å². The van der Waals surface area contributed by atoms with Gasteiger partial charge in [-0.1, -0.05) is 49.2 Å². The number of aromatic amines is 1. The van der Waals surface area contributed by atoms with Gasteiger partial charge in [0.1, 0.15) is 11.6 Å². The molecule has 36 heavy (non-hydrogen) atoms. The SMILES string of the molecule is CC(C)(O)Cc1ccc2c(c1)c1cc(CCC3CC3)ccc1c1nc(-c3c(Br)cc(F)cc3Br)[nH]c21. The van der Waals surface area contributed by atoms with Gasteiger partial charge in [0.05, 0.1) is 16.6 Å². The summed E-state index contributed by atoms with van der Waals surface area (Å²) in [5.74, 6) is 1.25. The Hall–Kier alpha value is -2.28. The minimum absolute atomic E-state index is 0.317. The first kappa shape index (κ1) is 24.1. The van der Waals surface area contributed by atoms with E-state index in [1.165, 1.54) is 42.3 Å². The molecule has 6 heteroatoms. The topological polar surface area (TPSA) is 48.9 Å². The van der Waals surface area contributed by atoms with E-state index < -0.39 is 5.60 Å². The zero-order valence-corrected chi connectivity index (χ0v) is 23.4. The molecule has 2 N–H and O–H groups in total. The normalized spacial score (nSPS) is 14.4.